The zero-order valence-electron chi connectivity index (χ0n) is 53.7. The zero-order chi connectivity index (χ0) is 59.8. The van der Waals surface area contributed by atoms with Crippen LogP contribution in [0.4, 0.5) is 0 Å². The quantitative estimate of drug-likeness (QED) is 0.0195. The number of allylic oxidation sites excluding steroid dienone is 18. The van der Waals surface area contributed by atoms with Crippen molar-refractivity contribution in [2.45, 2.75) is 290 Å². The third-order valence-electron chi connectivity index (χ3n) is 14.3. The summed E-state index contributed by atoms with van der Waals surface area (Å²) in [5.41, 5.74) is 0. The molecule has 2 atom stereocenters. The lowest BCUT2D eigenvalue weighted by atomic mass is 10.0. The smallest absolute Gasteiger partial charge is 0.306 e. The van der Waals surface area contributed by atoms with Crippen molar-refractivity contribution in [3.05, 3.63) is 109 Å². The summed E-state index contributed by atoms with van der Waals surface area (Å²) in [5, 5.41) is 0. The van der Waals surface area contributed by atoms with Gasteiger partial charge in [0.05, 0.1) is 27.7 Å². The van der Waals surface area contributed by atoms with Gasteiger partial charge in [-0.2, -0.15) is 0 Å². The van der Waals surface area contributed by atoms with Crippen LogP contribution >= 0.6 is 7.82 Å². The molecule has 0 saturated carbocycles. The average Bonchev–Trinajstić information content (AvgIpc) is 3.45. The molecule has 0 N–H and O–H groups in total. The van der Waals surface area contributed by atoms with Crippen LogP contribution in [0.25, 0.3) is 0 Å². The molecule has 0 aromatic heterocycles. The Bertz CT molecular complexity index is 1750. The summed E-state index contributed by atoms with van der Waals surface area (Å²) in [7, 11) is 1.16. The molecule has 0 aromatic carbocycles. The average molecular weight is 1160 g/mol. The van der Waals surface area contributed by atoms with E-state index in [-0.39, 0.29) is 26.1 Å². The second kappa shape index (κ2) is 62.2. The van der Waals surface area contributed by atoms with E-state index >= 15 is 0 Å². The lowest BCUT2D eigenvalue weighted by molar-refractivity contribution is -0.870. The minimum atomic E-state index is -4.64. The standard InChI is InChI=1S/C72H126NO8P/c1-6-8-10-12-14-16-18-20-22-24-25-26-27-28-29-30-31-32-33-34-35-36-37-38-39-40-41-42-43-44-45-46-47-49-51-53-55-57-59-61-63-65-72(75)81-70(69-80-82(76,77)79-67-66-73(3,4)5)68-78-71(74)64-62-60-58-56-54-52-50-48-23-21-19-17-15-13-11-9-7-2/h8-11,14-17,20-23,25-26,28-29,31-32,70H,6-7,12-13,18-19,24,27,30,33-69H2,1-5H3/b10-8-,11-9-,16-14-,17-15-,22-20-,23-21-,26-25-,29-28-,32-31-. The number of carbonyl (C=O) groups is 2. The molecule has 0 saturated heterocycles. The lowest BCUT2D eigenvalue weighted by Crippen LogP contribution is -2.37. The van der Waals surface area contributed by atoms with E-state index in [9.17, 15) is 19.0 Å². The van der Waals surface area contributed by atoms with E-state index in [0.717, 1.165) is 109 Å². The Labute approximate surface area is 506 Å². The number of esters is 2. The van der Waals surface area contributed by atoms with E-state index in [1.165, 1.54) is 141 Å². The summed E-state index contributed by atoms with van der Waals surface area (Å²) < 4.78 is 34.2. The van der Waals surface area contributed by atoms with Crippen molar-refractivity contribution < 1.29 is 42.1 Å². The van der Waals surface area contributed by atoms with Gasteiger partial charge in [-0.05, 0) is 96.3 Å². The highest BCUT2D eigenvalue weighted by Crippen LogP contribution is 2.38. The first-order valence-electron chi connectivity index (χ1n) is 33.6. The number of phosphoric ester groups is 1. The van der Waals surface area contributed by atoms with Crippen LogP contribution in [0.2, 0.25) is 0 Å². The first-order valence-corrected chi connectivity index (χ1v) is 35.1. The van der Waals surface area contributed by atoms with Crippen LogP contribution in [0.3, 0.4) is 0 Å². The molecule has 0 rings (SSSR count). The highest BCUT2D eigenvalue weighted by molar-refractivity contribution is 7.45. The fraction of sp³-hybridized carbons (Fsp3) is 0.722. The number of hydrogen-bond acceptors (Lipinski definition) is 8. The van der Waals surface area contributed by atoms with Gasteiger partial charge in [-0.1, -0.05) is 284 Å². The van der Waals surface area contributed by atoms with Crippen molar-refractivity contribution in [3.8, 4) is 0 Å². The molecule has 82 heavy (non-hydrogen) atoms. The van der Waals surface area contributed by atoms with E-state index in [1.54, 1.807) is 0 Å². The number of carbonyl (C=O) groups excluding carboxylic acids is 2. The van der Waals surface area contributed by atoms with Gasteiger partial charge >= 0.3 is 11.9 Å². The third-order valence-corrected chi connectivity index (χ3v) is 15.3. The van der Waals surface area contributed by atoms with Crippen molar-refractivity contribution in [2.75, 3.05) is 47.5 Å². The van der Waals surface area contributed by atoms with Gasteiger partial charge in [-0.15, -0.1) is 0 Å². The molecule has 0 spiro atoms. The predicted molar refractivity (Wildman–Crippen MR) is 351 cm³/mol. The summed E-state index contributed by atoms with van der Waals surface area (Å²) in [6, 6.07) is 0. The number of unbranched alkanes of at least 4 members (excludes halogenated alkanes) is 29. The van der Waals surface area contributed by atoms with Gasteiger partial charge in [0.1, 0.15) is 19.8 Å². The van der Waals surface area contributed by atoms with Gasteiger partial charge in [0, 0.05) is 12.8 Å². The van der Waals surface area contributed by atoms with E-state index < -0.39 is 32.5 Å². The van der Waals surface area contributed by atoms with Crippen LogP contribution in [-0.2, 0) is 32.7 Å². The molecule has 0 aliphatic heterocycles. The number of hydrogen-bond donors (Lipinski definition) is 0. The maximum Gasteiger partial charge on any atom is 0.306 e. The van der Waals surface area contributed by atoms with Gasteiger partial charge in [0.15, 0.2) is 6.10 Å². The fourth-order valence-corrected chi connectivity index (χ4v) is 9.93. The zero-order valence-corrected chi connectivity index (χ0v) is 54.6. The Morgan fingerprint density at radius 3 is 0.976 bits per heavy atom. The number of ether oxygens (including phenoxy) is 2. The molecule has 0 amide bonds. The predicted octanol–water partition coefficient (Wildman–Crippen LogP) is 21.1. The Morgan fingerprint density at radius 1 is 0.378 bits per heavy atom. The molecule has 2 unspecified atom stereocenters. The molecule has 9 nitrogen and oxygen atoms in total. The molecule has 0 aliphatic rings. The number of likely N-dealkylation sites (N-methyl/N-ethyl adjacent to an activating group) is 1. The molecular formula is C72H126NO8P. The van der Waals surface area contributed by atoms with E-state index in [4.69, 9.17) is 18.5 Å². The topological polar surface area (TPSA) is 111 Å². The maximum atomic E-state index is 12.8. The van der Waals surface area contributed by atoms with Crippen molar-refractivity contribution in [1.82, 2.24) is 0 Å². The van der Waals surface area contributed by atoms with Crippen molar-refractivity contribution in [2.24, 2.45) is 0 Å². The Kier molecular flexibility index (Phi) is 59.7. The SMILES string of the molecule is CC/C=C\C/C=C\C/C=C\C/C=C\C/C=C\C/C=C\CCCCCCCCCCCCCCCCCCCCCCCCC(=O)OC(COC(=O)CCCCCCCCC/C=C\C/C=C\C/C=C\CC)COP(=O)([O-])OCC[N+](C)(C)C. The van der Waals surface area contributed by atoms with Crippen LogP contribution < -0.4 is 4.89 Å². The highest BCUT2D eigenvalue weighted by atomic mass is 31.2. The number of rotatable bonds is 61. The van der Waals surface area contributed by atoms with E-state index in [0.29, 0.717) is 17.4 Å². The van der Waals surface area contributed by atoms with E-state index in [2.05, 4.69) is 123 Å². The molecule has 0 fully saturated rings. The van der Waals surface area contributed by atoms with Crippen LogP contribution in [0, 0.1) is 0 Å². The molecule has 472 valence electrons. The molecule has 10 heteroatoms. The van der Waals surface area contributed by atoms with Crippen LogP contribution in [-0.4, -0.2) is 70.0 Å². The first kappa shape index (κ1) is 78.7. The summed E-state index contributed by atoms with van der Waals surface area (Å²) >= 11 is 0. The van der Waals surface area contributed by atoms with Gasteiger partial charge in [0.25, 0.3) is 7.82 Å². The number of nitrogens with zero attached hydrogens (tertiary/aromatic N) is 1. The third kappa shape index (κ3) is 65.8. The van der Waals surface area contributed by atoms with Crippen molar-refractivity contribution in [3.63, 3.8) is 0 Å². The van der Waals surface area contributed by atoms with Gasteiger partial charge < -0.3 is 27.9 Å². The second-order valence-electron chi connectivity index (χ2n) is 23.4. The first-order chi connectivity index (χ1) is 40.0. The summed E-state index contributed by atoms with van der Waals surface area (Å²) in [6.45, 7) is 4.02. The normalized spacial score (nSPS) is 13.9. The summed E-state index contributed by atoms with van der Waals surface area (Å²) in [5.74, 6) is -0.839. The molecule has 0 heterocycles. The molecule has 0 bridgehead atoms. The Hall–Kier alpha value is -3.33. The van der Waals surface area contributed by atoms with E-state index in [1.807, 2.05) is 21.1 Å². The maximum absolute atomic E-state index is 12.8. The Morgan fingerprint density at radius 2 is 0.659 bits per heavy atom. The van der Waals surface area contributed by atoms with Crippen LogP contribution in [0.5, 0.6) is 0 Å². The molecule has 0 aliphatic carbocycles. The highest BCUT2D eigenvalue weighted by Gasteiger charge is 2.22. The minimum absolute atomic E-state index is 0.0348. The minimum Gasteiger partial charge on any atom is -0.756 e. The largest absolute Gasteiger partial charge is 0.756 e. The van der Waals surface area contributed by atoms with Crippen molar-refractivity contribution >= 4 is 19.8 Å². The molecule has 0 radical (unpaired) electrons. The second-order valence-corrected chi connectivity index (χ2v) is 24.8. The van der Waals surface area contributed by atoms with Crippen molar-refractivity contribution in [1.29, 1.82) is 0 Å². The van der Waals surface area contributed by atoms with Crippen LogP contribution in [0.1, 0.15) is 284 Å². The molecular weight excluding hydrogens is 1040 g/mol. The molecule has 0 aromatic rings. The summed E-state index contributed by atoms with van der Waals surface area (Å²) in [4.78, 5) is 37.9. The Balaban J connectivity index is 3.94. The summed E-state index contributed by atoms with van der Waals surface area (Å²) in [6.07, 6.45) is 87.5. The van der Waals surface area contributed by atoms with Gasteiger partial charge in [-0.3, -0.25) is 14.2 Å². The lowest BCUT2D eigenvalue weighted by Gasteiger charge is -2.28. The number of quaternary nitrogens is 1. The fourth-order valence-electron chi connectivity index (χ4n) is 9.21. The monoisotopic (exact) mass is 1160 g/mol. The van der Waals surface area contributed by atoms with Crippen LogP contribution in [0.15, 0.2) is 109 Å². The number of phosphoric acid groups is 1. The van der Waals surface area contributed by atoms with Gasteiger partial charge in [0.2, 0.25) is 0 Å². The van der Waals surface area contributed by atoms with Gasteiger partial charge in [-0.25, -0.2) is 0 Å².